The first kappa shape index (κ1) is 22.7. The standard InChI is InChI=1S/C18H30N4O.HI/c1-5-8-12-22(4)18(19-7-3)20-14-17(23)21-16-11-9-10-15(6-2)13-16;/h9-11,13H,5-8,12,14H2,1-4H3,(H,19,20)(H,21,23);1H. The van der Waals surface area contributed by atoms with Crippen molar-refractivity contribution in [3.8, 4) is 0 Å². The first-order valence-corrected chi connectivity index (χ1v) is 8.48. The summed E-state index contributed by atoms with van der Waals surface area (Å²) in [7, 11) is 2.00. The number of rotatable bonds is 8. The lowest BCUT2D eigenvalue weighted by atomic mass is 10.1. The number of amides is 1. The van der Waals surface area contributed by atoms with E-state index in [1.54, 1.807) is 0 Å². The number of aliphatic imine (C=N–C) groups is 1. The molecule has 0 atom stereocenters. The average molecular weight is 446 g/mol. The molecule has 0 bridgehead atoms. The van der Waals surface area contributed by atoms with Gasteiger partial charge in [-0.2, -0.15) is 0 Å². The molecule has 6 heteroatoms. The van der Waals surface area contributed by atoms with Gasteiger partial charge in [0.15, 0.2) is 5.96 Å². The Morgan fingerprint density at radius 3 is 2.62 bits per heavy atom. The Morgan fingerprint density at radius 1 is 1.25 bits per heavy atom. The molecule has 0 aliphatic heterocycles. The van der Waals surface area contributed by atoms with E-state index in [-0.39, 0.29) is 36.4 Å². The Balaban J connectivity index is 0.00000529. The Morgan fingerprint density at radius 2 is 2.00 bits per heavy atom. The number of halogens is 1. The van der Waals surface area contributed by atoms with E-state index in [4.69, 9.17) is 0 Å². The molecule has 2 N–H and O–H groups in total. The maximum absolute atomic E-state index is 12.1. The van der Waals surface area contributed by atoms with E-state index >= 15 is 0 Å². The minimum absolute atomic E-state index is 0. The number of unbranched alkanes of at least 4 members (excludes halogenated alkanes) is 1. The molecule has 0 fully saturated rings. The lowest BCUT2D eigenvalue weighted by Crippen LogP contribution is -2.40. The summed E-state index contributed by atoms with van der Waals surface area (Å²) in [5.74, 6) is 0.677. The highest BCUT2D eigenvalue weighted by Gasteiger charge is 2.07. The van der Waals surface area contributed by atoms with Gasteiger partial charge in [0.2, 0.25) is 5.91 Å². The average Bonchev–Trinajstić information content (AvgIpc) is 2.56. The summed E-state index contributed by atoms with van der Waals surface area (Å²) in [5, 5.41) is 6.13. The topological polar surface area (TPSA) is 56.7 Å². The monoisotopic (exact) mass is 446 g/mol. The lowest BCUT2D eigenvalue weighted by Gasteiger charge is -2.21. The zero-order valence-corrected chi connectivity index (χ0v) is 17.6. The summed E-state index contributed by atoms with van der Waals surface area (Å²) in [6, 6.07) is 7.92. The van der Waals surface area contributed by atoms with Crippen LogP contribution in [0.2, 0.25) is 0 Å². The Kier molecular flexibility index (Phi) is 12.3. The molecule has 24 heavy (non-hydrogen) atoms. The second-order valence-corrected chi connectivity index (χ2v) is 5.55. The van der Waals surface area contributed by atoms with Crippen molar-refractivity contribution in [1.29, 1.82) is 0 Å². The molecule has 0 aliphatic carbocycles. The zero-order chi connectivity index (χ0) is 17.1. The molecule has 1 rings (SSSR count). The first-order valence-electron chi connectivity index (χ1n) is 8.48. The van der Waals surface area contributed by atoms with Gasteiger partial charge in [-0.1, -0.05) is 32.4 Å². The van der Waals surface area contributed by atoms with Crippen molar-refractivity contribution in [2.75, 3.05) is 32.0 Å². The first-order chi connectivity index (χ1) is 11.1. The molecule has 0 heterocycles. The number of guanidine groups is 1. The molecular formula is C18H31IN4O. The van der Waals surface area contributed by atoms with E-state index in [9.17, 15) is 4.79 Å². The van der Waals surface area contributed by atoms with Gasteiger partial charge in [0.1, 0.15) is 6.54 Å². The molecule has 1 aromatic carbocycles. The van der Waals surface area contributed by atoms with E-state index in [1.165, 1.54) is 5.56 Å². The molecular weight excluding hydrogens is 415 g/mol. The molecule has 0 unspecified atom stereocenters. The van der Waals surface area contributed by atoms with E-state index in [0.717, 1.165) is 44.0 Å². The number of anilines is 1. The van der Waals surface area contributed by atoms with Crippen LogP contribution in [0.1, 0.15) is 39.2 Å². The van der Waals surface area contributed by atoms with Crippen LogP contribution in [0.15, 0.2) is 29.3 Å². The number of carbonyl (C=O) groups is 1. The van der Waals surface area contributed by atoms with Gasteiger partial charge in [-0.3, -0.25) is 4.79 Å². The van der Waals surface area contributed by atoms with Crippen LogP contribution in [-0.4, -0.2) is 43.4 Å². The van der Waals surface area contributed by atoms with E-state index in [0.29, 0.717) is 0 Å². The van der Waals surface area contributed by atoms with Gasteiger partial charge in [0.05, 0.1) is 0 Å². The minimum Gasteiger partial charge on any atom is -0.357 e. The predicted molar refractivity (Wildman–Crippen MR) is 113 cm³/mol. The molecule has 1 amide bonds. The maximum Gasteiger partial charge on any atom is 0.246 e. The van der Waals surface area contributed by atoms with Crippen molar-refractivity contribution < 1.29 is 4.79 Å². The van der Waals surface area contributed by atoms with Crippen molar-refractivity contribution >= 4 is 41.5 Å². The number of aryl methyl sites for hydroxylation is 1. The molecule has 5 nitrogen and oxygen atoms in total. The van der Waals surface area contributed by atoms with Crippen molar-refractivity contribution in [1.82, 2.24) is 10.2 Å². The Hall–Kier alpha value is -1.31. The second kappa shape index (κ2) is 13.0. The fourth-order valence-electron chi connectivity index (χ4n) is 2.19. The highest BCUT2D eigenvalue weighted by Crippen LogP contribution is 2.10. The van der Waals surface area contributed by atoms with Crippen LogP contribution in [-0.2, 0) is 11.2 Å². The summed E-state index contributed by atoms with van der Waals surface area (Å²) in [4.78, 5) is 18.6. The van der Waals surface area contributed by atoms with Gasteiger partial charge in [0.25, 0.3) is 0 Å². The number of hydrogen-bond donors (Lipinski definition) is 2. The van der Waals surface area contributed by atoms with Gasteiger partial charge in [0, 0.05) is 25.8 Å². The lowest BCUT2D eigenvalue weighted by molar-refractivity contribution is -0.114. The predicted octanol–water partition coefficient (Wildman–Crippen LogP) is 3.50. The fraction of sp³-hybridized carbons (Fsp3) is 0.556. The smallest absolute Gasteiger partial charge is 0.246 e. The maximum atomic E-state index is 12.1. The highest BCUT2D eigenvalue weighted by atomic mass is 127. The van der Waals surface area contributed by atoms with Crippen LogP contribution < -0.4 is 10.6 Å². The van der Waals surface area contributed by atoms with Gasteiger partial charge in [-0.05, 0) is 37.5 Å². The summed E-state index contributed by atoms with van der Waals surface area (Å²) in [5.41, 5.74) is 2.04. The highest BCUT2D eigenvalue weighted by molar-refractivity contribution is 14.0. The summed E-state index contributed by atoms with van der Waals surface area (Å²) >= 11 is 0. The normalized spacial score (nSPS) is 10.8. The third-order valence-corrected chi connectivity index (χ3v) is 3.53. The van der Waals surface area contributed by atoms with Crippen LogP contribution in [0.5, 0.6) is 0 Å². The van der Waals surface area contributed by atoms with Crippen LogP contribution in [0.25, 0.3) is 0 Å². The van der Waals surface area contributed by atoms with Crippen molar-refractivity contribution in [2.24, 2.45) is 4.99 Å². The van der Waals surface area contributed by atoms with Crippen LogP contribution in [0.3, 0.4) is 0 Å². The number of benzene rings is 1. The van der Waals surface area contributed by atoms with Gasteiger partial charge >= 0.3 is 0 Å². The SMILES string of the molecule is CCCCN(C)C(=NCC(=O)Nc1cccc(CC)c1)NCC.I. The Labute approximate surface area is 163 Å². The van der Waals surface area contributed by atoms with E-state index in [1.807, 2.05) is 32.2 Å². The van der Waals surface area contributed by atoms with Crippen molar-refractivity contribution in [3.05, 3.63) is 29.8 Å². The van der Waals surface area contributed by atoms with Gasteiger partial charge in [-0.15, -0.1) is 24.0 Å². The number of hydrogen-bond acceptors (Lipinski definition) is 2. The zero-order valence-electron chi connectivity index (χ0n) is 15.3. The molecule has 0 aromatic heterocycles. The van der Waals surface area contributed by atoms with Gasteiger partial charge < -0.3 is 15.5 Å². The minimum atomic E-state index is -0.0995. The summed E-state index contributed by atoms with van der Waals surface area (Å²) < 4.78 is 0. The van der Waals surface area contributed by atoms with Crippen molar-refractivity contribution in [3.63, 3.8) is 0 Å². The Bertz CT molecular complexity index is 519. The third kappa shape index (κ3) is 8.52. The quantitative estimate of drug-likeness (QED) is 0.365. The largest absolute Gasteiger partial charge is 0.357 e. The van der Waals surface area contributed by atoms with Crippen molar-refractivity contribution in [2.45, 2.75) is 40.0 Å². The molecule has 0 radical (unpaired) electrons. The van der Waals surface area contributed by atoms with Crippen LogP contribution in [0, 0.1) is 0 Å². The molecule has 136 valence electrons. The molecule has 1 aromatic rings. The van der Waals surface area contributed by atoms with E-state index < -0.39 is 0 Å². The van der Waals surface area contributed by atoms with E-state index in [2.05, 4.69) is 40.4 Å². The summed E-state index contributed by atoms with van der Waals surface area (Å²) in [6.45, 7) is 8.13. The molecule has 0 saturated heterocycles. The molecule has 0 saturated carbocycles. The van der Waals surface area contributed by atoms with Crippen LogP contribution in [0.4, 0.5) is 5.69 Å². The van der Waals surface area contributed by atoms with Crippen LogP contribution >= 0.6 is 24.0 Å². The summed E-state index contributed by atoms with van der Waals surface area (Å²) in [6.07, 6.45) is 3.20. The number of nitrogens with zero attached hydrogens (tertiary/aromatic N) is 2. The fourth-order valence-corrected chi connectivity index (χ4v) is 2.19. The molecule has 0 aliphatic rings. The van der Waals surface area contributed by atoms with Gasteiger partial charge in [-0.25, -0.2) is 4.99 Å². The second-order valence-electron chi connectivity index (χ2n) is 5.55. The molecule has 0 spiro atoms. The number of carbonyl (C=O) groups excluding carboxylic acids is 1. The third-order valence-electron chi connectivity index (χ3n) is 3.53. The number of nitrogens with one attached hydrogen (secondary N) is 2.